The predicted octanol–water partition coefficient (Wildman–Crippen LogP) is 3.20. The van der Waals surface area contributed by atoms with Crippen molar-refractivity contribution < 1.29 is 4.79 Å². The Balaban J connectivity index is 2.26. The van der Waals surface area contributed by atoms with Crippen molar-refractivity contribution >= 4 is 11.6 Å². The number of hydrogen-bond acceptors (Lipinski definition) is 2. The van der Waals surface area contributed by atoms with Gasteiger partial charge in [0.2, 0.25) is 5.91 Å². The highest BCUT2D eigenvalue weighted by atomic mass is 16.2. The molecule has 1 aliphatic heterocycles. The molecule has 0 radical (unpaired) electrons. The van der Waals surface area contributed by atoms with Crippen molar-refractivity contribution in [2.75, 3.05) is 11.9 Å². The Hall–Kier alpha value is -1.35. The minimum absolute atomic E-state index is 0.0844. The average Bonchev–Trinajstić information content (AvgIpc) is 2.79. The molecule has 1 saturated heterocycles. The van der Waals surface area contributed by atoms with E-state index in [4.69, 9.17) is 0 Å². The van der Waals surface area contributed by atoms with Crippen LogP contribution < -0.4 is 10.6 Å². The molecule has 3 nitrogen and oxygen atoms in total. The second-order valence-corrected chi connectivity index (χ2v) is 6.01. The number of hydrogen-bond donors (Lipinski definition) is 2. The van der Waals surface area contributed by atoms with Crippen molar-refractivity contribution in [1.82, 2.24) is 5.32 Å². The summed E-state index contributed by atoms with van der Waals surface area (Å²) in [5.74, 6) is 0.487. The van der Waals surface area contributed by atoms with E-state index in [0.717, 1.165) is 30.6 Å². The smallest absolute Gasteiger partial charge is 0.244 e. The van der Waals surface area contributed by atoms with E-state index < -0.39 is 5.54 Å². The van der Waals surface area contributed by atoms with Gasteiger partial charge in [0.1, 0.15) is 0 Å². The summed E-state index contributed by atoms with van der Waals surface area (Å²) in [6.07, 6.45) is 1.97. The summed E-state index contributed by atoms with van der Waals surface area (Å²) in [5, 5.41) is 6.45. The third-order valence-electron chi connectivity index (χ3n) is 4.04. The Morgan fingerprint density at radius 2 is 2.16 bits per heavy atom. The maximum Gasteiger partial charge on any atom is 0.244 e. The summed E-state index contributed by atoms with van der Waals surface area (Å²) >= 11 is 0. The molecule has 1 fully saturated rings. The van der Waals surface area contributed by atoms with E-state index in [9.17, 15) is 4.79 Å². The first kappa shape index (κ1) is 14.1. The van der Waals surface area contributed by atoms with Crippen LogP contribution in [0.2, 0.25) is 0 Å². The maximum absolute atomic E-state index is 12.5. The highest BCUT2D eigenvalue weighted by Gasteiger charge is 2.36. The number of aryl methyl sites for hydroxylation is 1. The summed E-state index contributed by atoms with van der Waals surface area (Å²) in [4.78, 5) is 12.5. The van der Waals surface area contributed by atoms with Crippen LogP contribution in [0.3, 0.4) is 0 Å². The summed E-state index contributed by atoms with van der Waals surface area (Å²) in [7, 11) is 0. The van der Waals surface area contributed by atoms with E-state index in [1.54, 1.807) is 0 Å². The predicted molar refractivity (Wildman–Crippen MR) is 79.5 cm³/mol. The largest absolute Gasteiger partial charge is 0.324 e. The minimum Gasteiger partial charge on any atom is -0.324 e. The Bertz CT molecular complexity index is 474. The van der Waals surface area contributed by atoms with E-state index in [2.05, 4.69) is 36.6 Å². The molecule has 104 valence electrons. The lowest BCUT2D eigenvalue weighted by Gasteiger charge is -2.25. The molecule has 2 N–H and O–H groups in total. The van der Waals surface area contributed by atoms with Crippen LogP contribution in [0, 0.1) is 6.92 Å². The van der Waals surface area contributed by atoms with Gasteiger partial charge in [-0.3, -0.25) is 4.79 Å². The van der Waals surface area contributed by atoms with Crippen LogP contribution in [-0.4, -0.2) is 18.0 Å². The van der Waals surface area contributed by atoms with Crippen LogP contribution in [0.25, 0.3) is 0 Å². The fourth-order valence-corrected chi connectivity index (χ4v) is 2.68. The monoisotopic (exact) mass is 260 g/mol. The molecule has 1 aromatic rings. The second-order valence-electron chi connectivity index (χ2n) is 6.01. The quantitative estimate of drug-likeness (QED) is 0.876. The molecular formula is C16H24N2O. The van der Waals surface area contributed by atoms with Crippen molar-refractivity contribution in [2.45, 2.75) is 52.0 Å². The van der Waals surface area contributed by atoms with Gasteiger partial charge in [-0.25, -0.2) is 0 Å². The highest BCUT2D eigenvalue weighted by Crippen LogP contribution is 2.29. The molecule has 1 atom stereocenters. The molecule has 0 saturated carbocycles. The molecule has 0 aliphatic carbocycles. The van der Waals surface area contributed by atoms with Crippen molar-refractivity contribution in [3.05, 3.63) is 29.3 Å². The van der Waals surface area contributed by atoms with E-state index in [1.807, 2.05) is 19.9 Å². The zero-order chi connectivity index (χ0) is 14.0. The van der Waals surface area contributed by atoms with E-state index in [-0.39, 0.29) is 5.91 Å². The number of carbonyl (C=O) groups is 1. The molecule has 1 aliphatic rings. The van der Waals surface area contributed by atoms with Gasteiger partial charge in [-0.15, -0.1) is 0 Å². The third kappa shape index (κ3) is 2.81. The fourth-order valence-electron chi connectivity index (χ4n) is 2.68. The molecule has 3 heteroatoms. The Kier molecular flexibility index (Phi) is 3.95. The highest BCUT2D eigenvalue weighted by molar-refractivity contribution is 5.99. The van der Waals surface area contributed by atoms with Crippen LogP contribution >= 0.6 is 0 Å². The first-order chi connectivity index (χ1) is 8.94. The number of benzene rings is 1. The molecule has 19 heavy (non-hydrogen) atoms. The van der Waals surface area contributed by atoms with Gasteiger partial charge in [-0.1, -0.05) is 32.0 Å². The zero-order valence-electron chi connectivity index (χ0n) is 12.3. The average molecular weight is 260 g/mol. The van der Waals surface area contributed by atoms with E-state index in [1.165, 1.54) is 5.56 Å². The van der Waals surface area contributed by atoms with Crippen molar-refractivity contribution in [2.24, 2.45) is 0 Å². The van der Waals surface area contributed by atoms with Crippen LogP contribution in [0.4, 0.5) is 5.69 Å². The number of para-hydroxylation sites is 1. The summed E-state index contributed by atoms with van der Waals surface area (Å²) in [6, 6.07) is 6.19. The third-order valence-corrected chi connectivity index (χ3v) is 4.04. The Morgan fingerprint density at radius 3 is 2.74 bits per heavy atom. The van der Waals surface area contributed by atoms with Gasteiger partial charge in [0.05, 0.1) is 5.54 Å². The van der Waals surface area contributed by atoms with Gasteiger partial charge >= 0.3 is 0 Å². The second kappa shape index (κ2) is 5.33. The van der Waals surface area contributed by atoms with Gasteiger partial charge in [0.15, 0.2) is 0 Å². The molecule has 1 aromatic carbocycles. The number of carbonyl (C=O) groups excluding carboxylic acids is 1. The number of anilines is 1. The number of nitrogens with one attached hydrogen (secondary N) is 2. The van der Waals surface area contributed by atoms with Gasteiger partial charge in [-0.2, -0.15) is 0 Å². The SMILES string of the molecule is Cc1cccc(C(C)C)c1NC(=O)C1(C)CCCN1. The lowest BCUT2D eigenvalue weighted by molar-refractivity contribution is -0.121. The Morgan fingerprint density at radius 1 is 1.42 bits per heavy atom. The fraction of sp³-hybridized carbons (Fsp3) is 0.562. The van der Waals surface area contributed by atoms with Gasteiger partial charge < -0.3 is 10.6 Å². The lowest BCUT2D eigenvalue weighted by Crippen LogP contribution is -2.48. The van der Waals surface area contributed by atoms with Crippen molar-refractivity contribution in [3.8, 4) is 0 Å². The van der Waals surface area contributed by atoms with Crippen molar-refractivity contribution in [3.63, 3.8) is 0 Å². The first-order valence-electron chi connectivity index (χ1n) is 7.10. The lowest BCUT2D eigenvalue weighted by atomic mass is 9.95. The number of amides is 1. The molecule has 1 heterocycles. The summed E-state index contributed by atoms with van der Waals surface area (Å²) < 4.78 is 0. The molecule has 0 bridgehead atoms. The maximum atomic E-state index is 12.5. The van der Waals surface area contributed by atoms with Gasteiger partial charge in [0, 0.05) is 5.69 Å². The standard InChI is InChI=1S/C16H24N2O/c1-11(2)13-8-5-7-12(3)14(13)18-15(19)16(4)9-6-10-17-16/h5,7-8,11,17H,6,9-10H2,1-4H3,(H,18,19). The topological polar surface area (TPSA) is 41.1 Å². The minimum atomic E-state index is -0.420. The van der Waals surface area contributed by atoms with Crippen LogP contribution in [-0.2, 0) is 4.79 Å². The summed E-state index contributed by atoms with van der Waals surface area (Å²) in [6.45, 7) is 9.27. The van der Waals surface area contributed by atoms with E-state index in [0.29, 0.717) is 5.92 Å². The summed E-state index contributed by atoms with van der Waals surface area (Å²) in [5.41, 5.74) is 2.89. The normalized spacial score (nSPS) is 22.8. The van der Waals surface area contributed by atoms with Crippen molar-refractivity contribution in [1.29, 1.82) is 0 Å². The number of rotatable bonds is 3. The molecule has 1 amide bonds. The van der Waals surface area contributed by atoms with Crippen LogP contribution in [0.15, 0.2) is 18.2 Å². The molecular weight excluding hydrogens is 236 g/mol. The van der Waals surface area contributed by atoms with E-state index >= 15 is 0 Å². The zero-order valence-corrected chi connectivity index (χ0v) is 12.3. The Labute approximate surface area is 115 Å². The van der Waals surface area contributed by atoms with Gasteiger partial charge in [0.25, 0.3) is 0 Å². The molecule has 1 unspecified atom stereocenters. The molecule has 2 rings (SSSR count). The first-order valence-corrected chi connectivity index (χ1v) is 7.10. The van der Waals surface area contributed by atoms with Gasteiger partial charge in [-0.05, 0) is 50.3 Å². The molecule has 0 aromatic heterocycles. The molecule has 0 spiro atoms. The van der Waals surface area contributed by atoms with Crippen LogP contribution in [0.5, 0.6) is 0 Å². The van der Waals surface area contributed by atoms with Crippen LogP contribution in [0.1, 0.15) is 50.7 Å².